The van der Waals surface area contributed by atoms with E-state index in [1.807, 2.05) is 37.3 Å². The highest BCUT2D eigenvalue weighted by Gasteiger charge is 2.07. The number of hydrogen-bond acceptors (Lipinski definition) is 1. The Morgan fingerprint density at radius 1 is 1.22 bits per heavy atom. The van der Waals surface area contributed by atoms with Crippen LogP contribution in [0.3, 0.4) is 0 Å². The molecule has 1 amide bonds. The number of carbonyl (C=O) groups excluding carboxylic acids is 1. The number of benzene rings is 2. The monoisotopic (exact) mass is 371 g/mol. The van der Waals surface area contributed by atoms with Crippen molar-refractivity contribution in [2.24, 2.45) is 0 Å². The second-order valence-electron chi connectivity index (χ2n) is 3.93. The van der Waals surface area contributed by atoms with E-state index in [9.17, 15) is 4.79 Å². The summed E-state index contributed by atoms with van der Waals surface area (Å²) in [7, 11) is 0. The van der Waals surface area contributed by atoms with Crippen LogP contribution < -0.4 is 5.32 Å². The lowest BCUT2D eigenvalue weighted by molar-refractivity contribution is 0.102. The lowest BCUT2D eigenvalue weighted by Crippen LogP contribution is -2.11. The van der Waals surface area contributed by atoms with Crippen LogP contribution in [0.2, 0.25) is 5.02 Å². The quantitative estimate of drug-likeness (QED) is 0.774. The van der Waals surface area contributed by atoms with Crippen LogP contribution in [0.5, 0.6) is 0 Å². The van der Waals surface area contributed by atoms with Crippen molar-refractivity contribution in [1.82, 2.24) is 0 Å². The third-order valence-electron chi connectivity index (χ3n) is 2.52. The number of aryl methyl sites for hydroxylation is 1. The van der Waals surface area contributed by atoms with Gasteiger partial charge in [0, 0.05) is 19.8 Å². The normalized spacial score (nSPS) is 10.2. The Morgan fingerprint density at radius 3 is 2.67 bits per heavy atom. The summed E-state index contributed by atoms with van der Waals surface area (Å²) >= 11 is 8.19. The van der Waals surface area contributed by atoms with Gasteiger partial charge in [0.05, 0.1) is 0 Å². The molecular formula is C14H11ClINO. The van der Waals surface area contributed by atoms with Crippen LogP contribution in [-0.2, 0) is 0 Å². The molecule has 0 aliphatic rings. The Kier molecular flexibility index (Phi) is 4.24. The summed E-state index contributed by atoms with van der Waals surface area (Å²) in [6.07, 6.45) is 0. The van der Waals surface area contributed by atoms with Crippen molar-refractivity contribution in [3.63, 3.8) is 0 Å². The van der Waals surface area contributed by atoms with E-state index >= 15 is 0 Å². The van der Waals surface area contributed by atoms with Crippen molar-refractivity contribution in [2.75, 3.05) is 5.32 Å². The molecular weight excluding hydrogens is 361 g/mol. The second-order valence-corrected chi connectivity index (χ2v) is 5.58. The molecule has 0 saturated carbocycles. The summed E-state index contributed by atoms with van der Waals surface area (Å²) in [6, 6.07) is 12.9. The molecule has 0 heterocycles. The minimum Gasteiger partial charge on any atom is -0.322 e. The van der Waals surface area contributed by atoms with Crippen molar-refractivity contribution < 1.29 is 4.79 Å². The average Bonchev–Trinajstić information content (AvgIpc) is 2.34. The molecule has 0 atom stereocenters. The summed E-state index contributed by atoms with van der Waals surface area (Å²) in [4.78, 5) is 12.0. The van der Waals surface area contributed by atoms with Gasteiger partial charge in [-0.25, -0.2) is 0 Å². The molecule has 2 aromatic rings. The van der Waals surface area contributed by atoms with E-state index in [0.717, 1.165) is 9.13 Å². The number of halogens is 2. The second kappa shape index (κ2) is 5.71. The molecule has 0 spiro atoms. The Balaban J connectivity index is 2.18. The molecule has 18 heavy (non-hydrogen) atoms. The van der Waals surface area contributed by atoms with Crippen molar-refractivity contribution in [3.05, 3.63) is 62.2 Å². The molecule has 0 bridgehead atoms. The number of nitrogens with one attached hydrogen (secondary N) is 1. The van der Waals surface area contributed by atoms with Crippen LogP contribution in [0.1, 0.15) is 15.9 Å². The van der Waals surface area contributed by atoms with Crippen LogP contribution in [0.4, 0.5) is 5.69 Å². The van der Waals surface area contributed by atoms with Gasteiger partial charge in [0.1, 0.15) is 0 Å². The first-order valence-corrected chi connectivity index (χ1v) is 6.85. The van der Waals surface area contributed by atoms with Crippen LogP contribution >= 0.6 is 34.2 Å². The molecule has 2 aromatic carbocycles. The molecule has 0 aliphatic heterocycles. The summed E-state index contributed by atoms with van der Waals surface area (Å²) in [6.45, 7) is 1.92. The van der Waals surface area contributed by atoms with E-state index in [4.69, 9.17) is 11.6 Å². The highest BCUT2D eigenvalue weighted by molar-refractivity contribution is 14.1. The van der Waals surface area contributed by atoms with E-state index < -0.39 is 0 Å². The fraction of sp³-hybridized carbons (Fsp3) is 0.0714. The van der Waals surface area contributed by atoms with Crippen LogP contribution in [0, 0.1) is 10.5 Å². The Bertz CT molecular complexity index is 598. The average molecular weight is 372 g/mol. The van der Waals surface area contributed by atoms with Gasteiger partial charge in [0.2, 0.25) is 0 Å². The zero-order chi connectivity index (χ0) is 13.1. The molecule has 2 rings (SSSR count). The molecule has 0 unspecified atom stereocenters. The van der Waals surface area contributed by atoms with E-state index in [2.05, 4.69) is 27.9 Å². The van der Waals surface area contributed by atoms with Crippen molar-refractivity contribution in [1.29, 1.82) is 0 Å². The predicted octanol–water partition coefficient (Wildman–Crippen LogP) is 4.51. The third kappa shape index (κ3) is 3.23. The van der Waals surface area contributed by atoms with Gasteiger partial charge >= 0.3 is 0 Å². The Labute approximate surface area is 124 Å². The maximum atomic E-state index is 12.0. The number of carbonyl (C=O) groups is 1. The first-order chi connectivity index (χ1) is 8.56. The largest absolute Gasteiger partial charge is 0.322 e. The molecule has 0 saturated heterocycles. The van der Waals surface area contributed by atoms with Gasteiger partial charge < -0.3 is 5.32 Å². The summed E-state index contributed by atoms with van der Waals surface area (Å²) in [5.41, 5.74) is 2.33. The molecule has 0 fully saturated rings. The van der Waals surface area contributed by atoms with Gasteiger partial charge in [0.15, 0.2) is 0 Å². The molecule has 92 valence electrons. The summed E-state index contributed by atoms with van der Waals surface area (Å²) in [5, 5.41) is 3.48. The van der Waals surface area contributed by atoms with E-state index in [0.29, 0.717) is 16.3 Å². The number of anilines is 1. The van der Waals surface area contributed by atoms with Crippen molar-refractivity contribution in [3.8, 4) is 0 Å². The van der Waals surface area contributed by atoms with Gasteiger partial charge in [0.25, 0.3) is 5.91 Å². The standard InChI is InChI=1S/C14H11ClINO/c1-9-5-6-12(8-13(9)15)17-14(18)10-3-2-4-11(16)7-10/h2-8H,1H3,(H,17,18). The number of hydrogen-bond donors (Lipinski definition) is 1. The van der Waals surface area contributed by atoms with E-state index in [1.165, 1.54) is 0 Å². The first-order valence-electron chi connectivity index (χ1n) is 5.39. The van der Waals surface area contributed by atoms with Crippen LogP contribution in [0.25, 0.3) is 0 Å². The fourth-order valence-electron chi connectivity index (χ4n) is 1.50. The van der Waals surface area contributed by atoms with Crippen molar-refractivity contribution in [2.45, 2.75) is 6.92 Å². The molecule has 0 aliphatic carbocycles. The Hall–Kier alpha value is -1.07. The predicted molar refractivity (Wildman–Crippen MR) is 83.3 cm³/mol. The fourth-order valence-corrected chi connectivity index (χ4v) is 2.23. The minimum absolute atomic E-state index is 0.131. The minimum atomic E-state index is -0.131. The van der Waals surface area contributed by atoms with Crippen molar-refractivity contribution >= 4 is 45.8 Å². The summed E-state index contributed by atoms with van der Waals surface area (Å²) < 4.78 is 1.03. The first kappa shape index (κ1) is 13.4. The number of rotatable bonds is 2. The lowest BCUT2D eigenvalue weighted by atomic mass is 10.2. The molecule has 4 heteroatoms. The van der Waals surface area contributed by atoms with E-state index in [1.54, 1.807) is 12.1 Å². The van der Waals surface area contributed by atoms with Gasteiger partial charge in [-0.2, -0.15) is 0 Å². The lowest BCUT2D eigenvalue weighted by Gasteiger charge is -2.07. The van der Waals surface area contributed by atoms with Crippen LogP contribution in [-0.4, -0.2) is 5.91 Å². The highest BCUT2D eigenvalue weighted by Crippen LogP contribution is 2.20. The molecule has 0 aromatic heterocycles. The van der Waals surface area contributed by atoms with Gasteiger partial charge in [-0.05, 0) is 65.4 Å². The SMILES string of the molecule is Cc1ccc(NC(=O)c2cccc(I)c2)cc1Cl. The molecule has 2 nitrogen and oxygen atoms in total. The maximum Gasteiger partial charge on any atom is 0.255 e. The van der Waals surface area contributed by atoms with E-state index in [-0.39, 0.29) is 5.91 Å². The van der Waals surface area contributed by atoms with Crippen LogP contribution in [0.15, 0.2) is 42.5 Å². The smallest absolute Gasteiger partial charge is 0.255 e. The topological polar surface area (TPSA) is 29.1 Å². The number of amides is 1. The Morgan fingerprint density at radius 2 is 2.00 bits per heavy atom. The third-order valence-corrected chi connectivity index (χ3v) is 3.59. The molecule has 1 N–H and O–H groups in total. The van der Waals surface area contributed by atoms with Gasteiger partial charge in [-0.1, -0.05) is 23.7 Å². The zero-order valence-electron chi connectivity index (χ0n) is 9.71. The molecule has 0 radical (unpaired) electrons. The summed E-state index contributed by atoms with van der Waals surface area (Å²) in [5.74, 6) is -0.131. The highest BCUT2D eigenvalue weighted by atomic mass is 127. The van der Waals surface area contributed by atoms with Gasteiger partial charge in [-0.3, -0.25) is 4.79 Å². The maximum absolute atomic E-state index is 12.0. The van der Waals surface area contributed by atoms with Gasteiger partial charge in [-0.15, -0.1) is 0 Å². The zero-order valence-corrected chi connectivity index (χ0v) is 12.6.